The van der Waals surface area contributed by atoms with Crippen molar-refractivity contribution in [3.8, 4) is 0 Å². The van der Waals surface area contributed by atoms with Crippen molar-refractivity contribution < 1.29 is 19.4 Å². The minimum atomic E-state index is -1.02. The molecule has 6 heteroatoms. The van der Waals surface area contributed by atoms with Crippen LogP contribution in [0.5, 0.6) is 0 Å². The number of carboxylic acid groups (broad SMARTS) is 1. The molecule has 0 spiro atoms. The predicted molar refractivity (Wildman–Crippen MR) is 71.7 cm³/mol. The molecule has 2 amide bonds. The second kappa shape index (κ2) is 7.38. The number of carbonyl (C=O) groups excluding carboxylic acids is 1. The van der Waals surface area contributed by atoms with E-state index in [-0.39, 0.29) is 11.6 Å². The summed E-state index contributed by atoms with van der Waals surface area (Å²) in [5.74, 6) is -1.02. The molecule has 6 nitrogen and oxygen atoms in total. The third-order valence-corrected chi connectivity index (χ3v) is 2.46. The Morgan fingerprint density at radius 3 is 2.74 bits per heavy atom. The summed E-state index contributed by atoms with van der Waals surface area (Å²) in [6.07, 6.45) is 0. The molecular weight excluding hydrogens is 248 g/mol. The fraction of sp³-hybridized carbons (Fsp3) is 0.385. The molecule has 0 unspecified atom stereocenters. The van der Waals surface area contributed by atoms with Crippen LogP contribution in [0.2, 0.25) is 0 Å². The number of ether oxygens (including phenoxy) is 1. The van der Waals surface area contributed by atoms with E-state index in [0.717, 1.165) is 0 Å². The molecule has 0 radical (unpaired) electrons. The van der Waals surface area contributed by atoms with Crippen molar-refractivity contribution in [2.24, 2.45) is 0 Å². The molecule has 0 aliphatic heterocycles. The van der Waals surface area contributed by atoms with Crippen LogP contribution in [-0.4, -0.2) is 36.9 Å². The third kappa shape index (κ3) is 4.97. The maximum absolute atomic E-state index is 11.5. The van der Waals surface area contributed by atoms with Gasteiger partial charge < -0.3 is 20.5 Å². The number of benzene rings is 1. The first-order valence-corrected chi connectivity index (χ1v) is 6.01. The van der Waals surface area contributed by atoms with Gasteiger partial charge in [-0.1, -0.05) is 6.07 Å². The fourth-order valence-corrected chi connectivity index (χ4v) is 1.49. The highest BCUT2D eigenvalue weighted by molar-refractivity contribution is 5.94. The van der Waals surface area contributed by atoms with E-state index in [4.69, 9.17) is 9.84 Å². The van der Waals surface area contributed by atoms with Crippen LogP contribution in [0, 0.1) is 6.92 Å². The fourth-order valence-electron chi connectivity index (χ4n) is 1.49. The van der Waals surface area contributed by atoms with Crippen LogP contribution in [-0.2, 0) is 4.74 Å². The number of hydrogen-bond donors (Lipinski definition) is 3. The third-order valence-electron chi connectivity index (χ3n) is 2.46. The quantitative estimate of drug-likeness (QED) is 0.686. The number of nitrogens with one attached hydrogen (secondary N) is 2. The standard InChI is InChI=1S/C13H18N2O4/c1-3-19-7-6-14-13(18)15-10-5-4-9(2)11(8-10)12(16)17/h4-5,8H,3,6-7H2,1-2H3,(H,16,17)(H2,14,15,18). The number of amides is 2. The maximum atomic E-state index is 11.5. The Balaban J connectivity index is 2.55. The first-order valence-electron chi connectivity index (χ1n) is 6.01. The van der Waals surface area contributed by atoms with Crippen molar-refractivity contribution in [3.05, 3.63) is 29.3 Å². The Kier molecular flexibility index (Phi) is 5.81. The van der Waals surface area contributed by atoms with Gasteiger partial charge in [-0.15, -0.1) is 0 Å². The monoisotopic (exact) mass is 266 g/mol. The lowest BCUT2D eigenvalue weighted by Gasteiger charge is -2.09. The zero-order chi connectivity index (χ0) is 14.3. The van der Waals surface area contributed by atoms with Crippen LogP contribution in [0.4, 0.5) is 10.5 Å². The van der Waals surface area contributed by atoms with Crippen LogP contribution in [0.1, 0.15) is 22.8 Å². The van der Waals surface area contributed by atoms with Crippen LogP contribution < -0.4 is 10.6 Å². The lowest BCUT2D eigenvalue weighted by Crippen LogP contribution is -2.31. The van der Waals surface area contributed by atoms with Gasteiger partial charge in [0.05, 0.1) is 12.2 Å². The highest BCUT2D eigenvalue weighted by atomic mass is 16.5. The summed E-state index contributed by atoms with van der Waals surface area (Å²) in [5, 5.41) is 14.2. The summed E-state index contributed by atoms with van der Waals surface area (Å²) in [4.78, 5) is 22.5. The number of aryl methyl sites for hydroxylation is 1. The van der Waals surface area contributed by atoms with Gasteiger partial charge in [0, 0.05) is 18.8 Å². The van der Waals surface area contributed by atoms with Gasteiger partial charge in [-0.3, -0.25) is 0 Å². The molecule has 0 saturated carbocycles. The number of urea groups is 1. The second-order valence-electron chi connectivity index (χ2n) is 3.91. The summed E-state index contributed by atoms with van der Waals surface area (Å²) >= 11 is 0. The topological polar surface area (TPSA) is 87.7 Å². The predicted octanol–water partition coefficient (Wildman–Crippen LogP) is 1.85. The van der Waals surface area contributed by atoms with Gasteiger partial charge in [0.15, 0.2) is 0 Å². The summed E-state index contributed by atoms with van der Waals surface area (Å²) in [6.45, 7) is 5.02. The normalized spacial score (nSPS) is 10.0. The zero-order valence-corrected chi connectivity index (χ0v) is 11.0. The van der Waals surface area contributed by atoms with E-state index in [1.165, 1.54) is 6.07 Å². The van der Waals surface area contributed by atoms with Gasteiger partial charge in [-0.05, 0) is 31.5 Å². The molecule has 0 aliphatic rings. The van der Waals surface area contributed by atoms with E-state index >= 15 is 0 Å². The van der Waals surface area contributed by atoms with Gasteiger partial charge in [0.1, 0.15) is 0 Å². The molecule has 19 heavy (non-hydrogen) atoms. The van der Waals surface area contributed by atoms with Crippen LogP contribution in [0.15, 0.2) is 18.2 Å². The van der Waals surface area contributed by atoms with E-state index in [1.807, 2.05) is 6.92 Å². The molecule has 1 aromatic carbocycles. The van der Waals surface area contributed by atoms with Crippen molar-refractivity contribution >= 4 is 17.7 Å². The number of hydrogen-bond acceptors (Lipinski definition) is 3. The molecule has 0 bridgehead atoms. The largest absolute Gasteiger partial charge is 0.478 e. The summed E-state index contributed by atoms with van der Waals surface area (Å²) in [5.41, 5.74) is 1.26. The average molecular weight is 266 g/mol. The lowest BCUT2D eigenvalue weighted by atomic mass is 10.1. The van der Waals surface area contributed by atoms with Crippen molar-refractivity contribution in [2.45, 2.75) is 13.8 Å². The highest BCUT2D eigenvalue weighted by Gasteiger charge is 2.09. The van der Waals surface area contributed by atoms with Gasteiger partial charge in [-0.25, -0.2) is 9.59 Å². The van der Waals surface area contributed by atoms with E-state index in [2.05, 4.69) is 10.6 Å². The van der Waals surface area contributed by atoms with Crippen molar-refractivity contribution in [2.75, 3.05) is 25.1 Å². The van der Waals surface area contributed by atoms with Crippen LogP contribution in [0.25, 0.3) is 0 Å². The minimum Gasteiger partial charge on any atom is -0.478 e. The van der Waals surface area contributed by atoms with E-state index in [0.29, 0.717) is 31.0 Å². The van der Waals surface area contributed by atoms with Gasteiger partial charge >= 0.3 is 12.0 Å². The smallest absolute Gasteiger partial charge is 0.336 e. The molecule has 0 fully saturated rings. The SMILES string of the molecule is CCOCCNC(=O)Nc1ccc(C)c(C(=O)O)c1. The number of carbonyl (C=O) groups is 2. The summed E-state index contributed by atoms with van der Waals surface area (Å²) in [7, 11) is 0. The molecule has 3 N–H and O–H groups in total. The minimum absolute atomic E-state index is 0.173. The Labute approximate surface area is 111 Å². The van der Waals surface area contributed by atoms with E-state index < -0.39 is 5.97 Å². The Morgan fingerprint density at radius 1 is 1.37 bits per heavy atom. The molecule has 0 atom stereocenters. The van der Waals surface area contributed by atoms with E-state index in [9.17, 15) is 9.59 Å². The number of carboxylic acids is 1. The van der Waals surface area contributed by atoms with Crippen molar-refractivity contribution in [3.63, 3.8) is 0 Å². The molecule has 0 heterocycles. The number of aromatic carboxylic acids is 1. The molecule has 0 aliphatic carbocycles. The lowest BCUT2D eigenvalue weighted by molar-refractivity contribution is 0.0696. The molecule has 1 rings (SSSR count). The molecule has 0 aromatic heterocycles. The first kappa shape index (κ1) is 15.0. The molecular formula is C13H18N2O4. The van der Waals surface area contributed by atoms with Crippen molar-refractivity contribution in [1.82, 2.24) is 5.32 Å². The first-order chi connectivity index (χ1) is 9.04. The number of rotatable bonds is 6. The molecule has 0 saturated heterocycles. The van der Waals surface area contributed by atoms with Crippen molar-refractivity contribution in [1.29, 1.82) is 0 Å². The summed E-state index contributed by atoms with van der Waals surface area (Å²) in [6, 6.07) is 4.35. The average Bonchev–Trinajstić information content (AvgIpc) is 2.36. The Hall–Kier alpha value is -2.08. The van der Waals surface area contributed by atoms with Crippen LogP contribution in [0.3, 0.4) is 0 Å². The second-order valence-corrected chi connectivity index (χ2v) is 3.91. The van der Waals surface area contributed by atoms with Gasteiger partial charge in [-0.2, -0.15) is 0 Å². The van der Waals surface area contributed by atoms with Gasteiger partial charge in [0.25, 0.3) is 0 Å². The van der Waals surface area contributed by atoms with E-state index in [1.54, 1.807) is 19.1 Å². The molecule has 104 valence electrons. The van der Waals surface area contributed by atoms with Crippen LogP contribution >= 0.6 is 0 Å². The zero-order valence-electron chi connectivity index (χ0n) is 11.0. The maximum Gasteiger partial charge on any atom is 0.336 e. The molecule has 1 aromatic rings. The number of anilines is 1. The van der Waals surface area contributed by atoms with Gasteiger partial charge in [0.2, 0.25) is 0 Å². The highest BCUT2D eigenvalue weighted by Crippen LogP contribution is 2.15. The Bertz CT molecular complexity index is 460. The summed E-state index contributed by atoms with van der Waals surface area (Å²) < 4.78 is 5.08. The Morgan fingerprint density at radius 2 is 2.11 bits per heavy atom.